The summed E-state index contributed by atoms with van der Waals surface area (Å²) in [4.78, 5) is 10.3. The highest BCUT2D eigenvalue weighted by atomic mass is 16.6. The monoisotopic (exact) mass is 236 g/mol. The molecule has 0 bridgehead atoms. The molecule has 2 rings (SSSR count). The fraction of sp³-hybridized carbons (Fsp3) is 0.500. The van der Waals surface area contributed by atoms with Gasteiger partial charge in [-0.2, -0.15) is 0 Å². The number of methoxy groups -OCH3 is 1. The van der Waals surface area contributed by atoms with Crippen molar-refractivity contribution in [3.63, 3.8) is 0 Å². The van der Waals surface area contributed by atoms with Crippen LogP contribution in [-0.2, 0) is 0 Å². The minimum absolute atomic E-state index is 0.0516. The second-order valence-electron chi connectivity index (χ2n) is 4.53. The predicted octanol–water partition coefficient (Wildman–Crippen LogP) is 2.67. The van der Waals surface area contributed by atoms with E-state index in [1.165, 1.54) is 25.7 Å². The standard InChI is InChI=1S/C12H16N2O3/c1-8-3-9(8)7-13-10-4-11(14(15)16)6-12(5-10)17-2/h4-6,8-9,13H,3,7H2,1-2H3. The van der Waals surface area contributed by atoms with Crippen LogP contribution in [-0.4, -0.2) is 18.6 Å². The van der Waals surface area contributed by atoms with Crippen LogP contribution in [0.2, 0.25) is 0 Å². The molecule has 0 aliphatic heterocycles. The van der Waals surface area contributed by atoms with E-state index in [0.717, 1.165) is 18.2 Å². The van der Waals surface area contributed by atoms with Crippen molar-refractivity contribution >= 4 is 11.4 Å². The summed E-state index contributed by atoms with van der Waals surface area (Å²) in [5.74, 6) is 1.97. The maximum absolute atomic E-state index is 10.7. The number of hydrogen-bond donors (Lipinski definition) is 1. The lowest BCUT2D eigenvalue weighted by Crippen LogP contribution is -2.05. The van der Waals surface area contributed by atoms with Crippen LogP contribution in [0.5, 0.6) is 5.75 Å². The Kier molecular flexibility index (Phi) is 3.17. The van der Waals surface area contributed by atoms with Crippen molar-refractivity contribution in [3.05, 3.63) is 28.3 Å². The van der Waals surface area contributed by atoms with E-state index in [0.29, 0.717) is 11.7 Å². The summed E-state index contributed by atoms with van der Waals surface area (Å²) >= 11 is 0. The molecule has 1 saturated carbocycles. The number of benzene rings is 1. The Balaban J connectivity index is 2.09. The number of nitrogens with one attached hydrogen (secondary N) is 1. The fourth-order valence-corrected chi connectivity index (χ4v) is 1.84. The fourth-order valence-electron chi connectivity index (χ4n) is 1.84. The molecule has 0 radical (unpaired) electrons. The first kappa shape index (κ1) is 11.7. The van der Waals surface area contributed by atoms with Crippen LogP contribution in [0.25, 0.3) is 0 Å². The zero-order valence-corrected chi connectivity index (χ0v) is 9.97. The van der Waals surface area contributed by atoms with Gasteiger partial charge >= 0.3 is 0 Å². The normalized spacial score (nSPS) is 22.0. The smallest absolute Gasteiger partial charge is 0.275 e. The molecule has 92 valence electrons. The second-order valence-corrected chi connectivity index (χ2v) is 4.53. The average molecular weight is 236 g/mol. The first-order valence-electron chi connectivity index (χ1n) is 5.67. The zero-order chi connectivity index (χ0) is 12.4. The average Bonchev–Trinajstić information content (AvgIpc) is 3.02. The van der Waals surface area contributed by atoms with Crippen molar-refractivity contribution in [2.24, 2.45) is 11.8 Å². The van der Waals surface area contributed by atoms with Gasteiger partial charge in [-0.3, -0.25) is 10.1 Å². The lowest BCUT2D eigenvalue weighted by Gasteiger charge is -2.07. The van der Waals surface area contributed by atoms with Gasteiger partial charge in [-0.05, 0) is 18.3 Å². The highest BCUT2D eigenvalue weighted by Gasteiger charge is 2.31. The molecule has 2 unspecified atom stereocenters. The van der Waals surface area contributed by atoms with Crippen LogP contribution in [0.15, 0.2) is 18.2 Å². The summed E-state index contributed by atoms with van der Waals surface area (Å²) in [6.45, 7) is 3.08. The third-order valence-corrected chi connectivity index (χ3v) is 3.18. The van der Waals surface area contributed by atoms with Crippen molar-refractivity contribution in [1.82, 2.24) is 0 Å². The van der Waals surface area contributed by atoms with Crippen LogP contribution in [0.3, 0.4) is 0 Å². The molecule has 0 spiro atoms. The molecule has 1 aromatic carbocycles. The van der Waals surface area contributed by atoms with E-state index in [1.807, 2.05) is 0 Å². The number of rotatable bonds is 5. The molecule has 5 heteroatoms. The van der Waals surface area contributed by atoms with Crippen LogP contribution in [0, 0.1) is 22.0 Å². The summed E-state index contributed by atoms with van der Waals surface area (Å²) in [7, 11) is 1.51. The number of nitro groups is 1. The molecule has 1 N–H and O–H groups in total. The molecule has 2 atom stereocenters. The first-order valence-corrected chi connectivity index (χ1v) is 5.67. The van der Waals surface area contributed by atoms with Gasteiger partial charge in [-0.15, -0.1) is 0 Å². The molecule has 17 heavy (non-hydrogen) atoms. The van der Waals surface area contributed by atoms with E-state index in [-0.39, 0.29) is 5.69 Å². The molecule has 1 aliphatic carbocycles. The maximum atomic E-state index is 10.7. The number of anilines is 1. The summed E-state index contributed by atoms with van der Waals surface area (Å²) in [5, 5.41) is 14.0. The molecule has 1 aromatic rings. The molecular formula is C12H16N2O3. The van der Waals surface area contributed by atoms with Gasteiger partial charge in [0.1, 0.15) is 5.75 Å². The molecule has 5 nitrogen and oxygen atoms in total. The number of ether oxygens (including phenoxy) is 1. The van der Waals surface area contributed by atoms with Crippen molar-refractivity contribution in [1.29, 1.82) is 0 Å². The third-order valence-electron chi connectivity index (χ3n) is 3.18. The minimum Gasteiger partial charge on any atom is -0.496 e. The molecular weight excluding hydrogens is 220 g/mol. The predicted molar refractivity (Wildman–Crippen MR) is 65.4 cm³/mol. The second kappa shape index (κ2) is 4.61. The Hall–Kier alpha value is -1.78. The van der Waals surface area contributed by atoms with Crippen molar-refractivity contribution in [3.8, 4) is 5.75 Å². The molecule has 0 saturated heterocycles. The van der Waals surface area contributed by atoms with Gasteiger partial charge in [0.15, 0.2) is 0 Å². The topological polar surface area (TPSA) is 64.4 Å². The summed E-state index contributed by atoms with van der Waals surface area (Å²) < 4.78 is 5.04. The number of nitro benzene ring substituents is 1. The zero-order valence-electron chi connectivity index (χ0n) is 9.97. The molecule has 0 aromatic heterocycles. The van der Waals surface area contributed by atoms with E-state index >= 15 is 0 Å². The van der Waals surface area contributed by atoms with Crippen LogP contribution >= 0.6 is 0 Å². The van der Waals surface area contributed by atoms with E-state index < -0.39 is 4.92 Å². The summed E-state index contributed by atoms with van der Waals surface area (Å²) in [6.07, 6.45) is 1.24. The van der Waals surface area contributed by atoms with Crippen LogP contribution in [0.4, 0.5) is 11.4 Å². The first-order chi connectivity index (χ1) is 8.10. The van der Waals surface area contributed by atoms with Crippen molar-refractivity contribution in [2.45, 2.75) is 13.3 Å². The quantitative estimate of drug-likeness (QED) is 0.630. The van der Waals surface area contributed by atoms with Gasteiger partial charge in [0.05, 0.1) is 18.1 Å². The molecule has 0 amide bonds. The van der Waals surface area contributed by atoms with E-state index in [2.05, 4.69) is 12.2 Å². The Bertz CT molecular complexity index is 434. The highest BCUT2D eigenvalue weighted by Crippen LogP contribution is 2.38. The van der Waals surface area contributed by atoms with E-state index in [4.69, 9.17) is 4.74 Å². The minimum atomic E-state index is -0.409. The molecule has 1 fully saturated rings. The lowest BCUT2D eigenvalue weighted by molar-refractivity contribution is -0.384. The Labute approximate surface area is 99.9 Å². The van der Waals surface area contributed by atoms with E-state index in [9.17, 15) is 10.1 Å². The number of hydrogen-bond acceptors (Lipinski definition) is 4. The van der Waals surface area contributed by atoms with Gasteiger partial charge in [0.25, 0.3) is 5.69 Å². The van der Waals surface area contributed by atoms with Crippen LogP contribution < -0.4 is 10.1 Å². The van der Waals surface area contributed by atoms with Gasteiger partial charge in [-0.1, -0.05) is 6.92 Å². The van der Waals surface area contributed by atoms with Gasteiger partial charge in [-0.25, -0.2) is 0 Å². The largest absolute Gasteiger partial charge is 0.496 e. The Morgan fingerprint density at radius 1 is 1.53 bits per heavy atom. The number of non-ortho nitro benzene ring substituents is 1. The highest BCUT2D eigenvalue weighted by molar-refractivity contribution is 5.56. The van der Waals surface area contributed by atoms with Gasteiger partial charge < -0.3 is 10.1 Å². The van der Waals surface area contributed by atoms with Crippen LogP contribution in [0.1, 0.15) is 13.3 Å². The molecule has 0 heterocycles. The van der Waals surface area contributed by atoms with Gasteiger partial charge in [0, 0.05) is 24.4 Å². The molecule has 1 aliphatic rings. The Morgan fingerprint density at radius 2 is 2.24 bits per heavy atom. The number of nitrogens with zero attached hydrogens (tertiary/aromatic N) is 1. The maximum Gasteiger partial charge on any atom is 0.275 e. The lowest BCUT2D eigenvalue weighted by atomic mass is 10.2. The van der Waals surface area contributed by atoms with Crippen molar-refractivity contribution in [2.75, 3.05) is 19.0 Å². The SMILES string of the molecule is COc1cc(NCC2CC2C)cc([N+](=O)[O-])c1. The Morgan fingerprint density at radius 3 is 2.76 bits per heavy atom. The van der Waals surface area contributed by atoms with E-state index in [1.54, 1.807) is 6.07 Å². The van der Waals surface area contributed by atoms with Crippen molar-refractivity contribution < 1.29 is 9.66 Å². The summed E-state index contributed by atoms with van der Waals surface area (Å²) in [5.41, 5.74) is 0.797. The summed E-state index contributed by atoms with van der Waals surface area (Å²) in [6, 6.07) is 4.74. The third kappa shape index (κ3) is 2.87. The van der Waals surface area contributed by atoms with Gasteiger partial charge in [0.2, 0.25) is 0 Å².